The molecular formula is C30H30Cl2F2N4O. The highest BCUT2D eigenvalue weighted by atomic mass is 35.5. The number of hydrogen-bond donors (Lipinski definition) is 1. The zero-order chi connectivity index (χ0) is 27.7. The number of anilines is 1. The summed E-state index contributed by atoms with van der Waals surface area (Å²) < 4.78 is 28.4. The summed E-state index contributed by atoms with van der Waals surface area (Å²) in [7, 11) is 1.96. The van der Waals surface area contributed by atoms with Gasteiger partial charge in [0.15, 0.2) is 0 Å². The quantitative estimate of drug-likeness (QED) is 0.257. The van der Waals surface area contributed by atoms with E-state index in [1.54, 1.807) is 12.1 Å². The van der Waals surface area contributed by atoms with E-state index in [1.807, 2.05) is 23.7 Å². The lowest BCUT2D eigenvalue weighted by Gasteiger charge is -2.34. The van der Waals surface area contributed by atoms with Crippen LogP contribution < -0.4 is 10.2 Å². The molecule has 0 radical (unpaired) electrons. The van der Waals surface area contributed by atoms with Gasteiger partial charge in [-0.15, -0.1) is 0 Å². The number of aryl methyl sites for hydroxylation is 1. The van der Waals surface area contributed by atoms with Gasteiger partial charge in [0.1, 0.15) is 5.82 Å². The number of amides is 1. The number of rotatable bonds is 7. The zero-order valence-electron chi connectivity index (χ0n) is 21.9. The Morgan fingerprint density at radius 1 is 1.05 bits per heavy atom. The molecule has 204 valence electrons. The largest absolute Gasteiger partial charge is 0.370 e. The standard InChI is InChI=1S/C30H30Cl2F2N4O/c1-30(33,34)29(39)35-18-19-8-9-23(31)22(14-19)15-28-36-25-16-24(32)26(17-27(25)37(28)2)38-12-10-21(11-13-38)20-6-4-3-5-7-20/h3-9,14,16-17,21H,10-13,15,18H2,1-2H3,(H,35,39). The molecule has 5 nitrogen and oxygen atoms in total. The first kappa shape index (κ1) is 27.4. The van der Waals surface area contributed by atoms with Gasteiger partial charge in [-0.1, -0.05) is 65.7 Å². The maximum atomic E-state index is 13.2. The second-order valence-corrected chi connectivity index (χ2v) is 11.0. The van der Waals surface area contributed by atoms with Crippen LogP contribution in [0.2, 0.25) is 10.0 Å². The summed E-state index contributed by atoms with van der Waals surface area (Å²) in [5.41, 5.74) is 5.64. The lowest BCUT2D eigenvalue weighted by Crippen LogP contribution is -2.37. The van der Waals surface area contributed by atoms with Crippen LogP contribution in [0, 0.1) is 0 Å². The number of alkyl halides is 2. The fourth-order valence-electron chi connectivity index (χ4n) is 5.21. The average Bonchev–Trinajstić information content (AvgIpc) is 3.22. The third-order valence-corrected chi connectivity index (χ3v) is 8.13. The van der Waals surface area contributed by atoms with Crippen molar-refractivity contribution in [3.63, 3.8) is 0 Å². The van der Waals surface area contributed by atoms with Crippen molar-refractivity contribution >= 4 is 45.8 Å². The van der Waals surface area contributed by atoms with Crippen LogP contribution in [-0.2, 0) is 24.8 Å². The van der Waals surface area contributed by atoms with E-state index in [-0.39, 0.29) is 6.54 Å². The highest BCUT2D eigenvalue weighted by molar-refractivity contribution is 6.34. The lowest BCUT2D eigenvalue weighted by molar-refractivity contribution is -0.143. The molecule has 39 heavy (non-hydrogen) atoms. The Kier molecular flexibility index (Phi) is 7.83. The molecule has 3 aromatic carbocycles. The fraction of sp³-hybridized carbons (Fsp3) is 0.333. The molecule has 0 atom stereocenters. The van der Waals surface area contributed by atoms with E-state index in [1.165, 1.54) is 5.56 Å². The molecule has 1 aromatic heterocycles. The molecule has 0 unspecified atom stereocenters. The van der Waals surface area contributed by atoms with Gasteiger partial charge in [0.25, 0.3) is 5.91 Å². The number of piperidine rings is 1. The number of fused-ring (bicyclic) bond motifs is 1. The SMILES string of the molecule is Cn1c(Cc2cc(CNC(=O)C(C)(F)F)ccc2Cl)nc2cc(Cl)c(N3CCC(c4ccccc4)CC3)cc21. The Labute approximate surface area is 236 Å². The number of carbonyl (C=O) groups excluding carboxylic acids is 1. The van der Waals surface area contributed by atoms with Gasteiger partial charge in [-0.3, -0.25) is 4.79 Å². The zero-order valence-corrected chi connectivity index (χ0v) is 23.4. The number of benzene rings is 3. The van der Waals surface area contributed by atoms with E-state index in [0.717, 1.165) is 54.0 Å². The summed E-state index contributed by atoms with van der Waals surface area (Å²) in [6, 6.07) is 19.9. The lowest BCUT2D eigenvalue weighted by atomic mass is 9.89. The van der Waals surface area contributed by atoms with E-state index >= 15 is 0 Å². The Morgan fingerprint density at radius 3 is 2.46 bits per heavy atom. The van der Waals surface area contributed by atoms with Gasteiger partial charge < -0.3 is 14.8 Å². The number of nitrogens with one attached hydrogen (secondary N) is 1. The van der Waals surface area contributed by atoms with Crippen molar-refractivity contribution in [3.05, 3.63) is 93.2 Å². The monoisotopic (exact) mass is 570 g/mol. The summed E-state index contributed by atoms with van der Waals surface area (Å²) in [4.78, 5) is 18.7. The molecule has 1 N–H and O–H groups in total. The van der Waals surface area contributed by atoms with Crippen LogP contribution in [0.25, 0.3) is 11.0 Å². The van der Waals surface area contributed by atoms with Crippen LogP contribution in [-0.4, -0.2) is 34.5 Å². The highest BCUT2D eigenvalue weighted by Gasteiger charge is 2.31. The average molecular weight is 571 g/mol. The molecule has 1 fully saturated rings. The number of hydrogen-bond acceptors (Lipinski definition) is 3. The predicted octanol–water partition coefficient (Wildman–Crippen LogP) is 7.13. The second kappa shape index (κ2) is 11.1. The molecule has 0 spiro atoms. The summed E-state index contributed by atoms with van der Waals surface area (Å²) in [5, 5.41) is 3.48. The normalized spacial score (nSPS) is 14.7. The number of nitrogens with zero attached hydrogens (tertiary/aromatic N) is 3. The van der Waals surface area contributed by atoms with Crippen LogP contribution in [0.5, 0.6) is 0 Å². The summed E-state index contributed by atoms with van der Waals surface area (Å²) in [5.74, 6) is -3.39. The van der Waals surface area contributed by atoms with Crippen LogP contribution in [0.1, 0.15) is 48.2 Å². The first-order valence-corrected chi connectivity index (χ1v) is 13.7. The van der Waals surface area contributed by atoms with Gasteiger partial charge in [-0.2, -0.15) is 8.78 Å². The second-order valence-electron chi connectivity index (χ2n) is 10.2. The van der Waals surface area contributed by atoms with Crippen LogP contribution >= 0.6 is 23.2 Å². The predicted molar refractivity (Wildman–Crippen MR) is 153 cm³/mol. The van der Waals surface area contributed by atoms with Crippen molar-refractivity contribution in [2.45, 2.75) is 44.6 Å². The molecule has 2 heterocycles. The Morgan fingerprint density at radius 2 is 1.77 bits per heavy atom. The van der Waals surface area contributed by atoms with Crippen molar-refractivity contribution in [2.75, 3.05) is 18.0 Å². The van der Waals surface area contributed by atoms with E-state index in [4.69, 9.17) is 28.2 Å². The van der Waals surface area contributed by atoms with Gasteiger partial charge in [0, 0.05) is 45.0 Å². The molecule has 1 aliphatic heterocycles. The molecule has 1 amide bonds. The van der Waals surface area contributed by atoms with Crippen molar-refractivity contribution in [2.24, 2.45) is 7.05 Å². The minimum absolute atomic E-state index is 0.0189. The number of aromatic nitrogens is 2. The topological polar surface area (TPSA) is 50.2 Å². The molecule has 0 bridgehead atoms. The summed E-state index contributed by atoms with van der Waals surface area (Å²) in [6.45, 7) is 2.41. The van der Waals surface area contributed by atoms with E-state index in [9.17, 15) is 13.6 Å². The number of carbonyl (C=O) groups is 1. The molecule has 4 aromatic rings. The number of imidazole rings is 1. The highest BCUT2D eigenvalue weighted by Crippen LogP contribution is 2.36. The fourth-order valence-corrected chi connectivity index (χ4v) is 5.67. The maximum Gasteiger partial charge on any atom is 0.321 e. The smallest absolute Gasteiger partial charge is 0.321 e. The number of halogens is 4. The molecular weight excluding hydrogens is 541 g/mol. The Bertz CT molecular complexity index is 1490. The Hall–Kier alpha value is -3.16. The summed E-state index contributed by atoms with van der Waals surface area (Å²) >= 11 is 13.2. The minimum atomic E-state index is -3.43. The first-order valence-electron chi connectivity index (χ1n) is 13.0. The molecule has 0 saturated carbocycles. The van der Waals surface area contributed by atoms with Crippen LogP contribution in [0.4, 0.5) is 14.5 Å². The van der Waals surface area contributed by atoms with E-state index in [2.05, 4.69) is 46.6 Å². The molecule has 0 aliphatic carbocycles. The minimum Gasteiger partial charge on any atom is -0.370 e. The first-order chi connectivity index (χ1) is 18.6. The third-order valence-electron chi connectivity index (χ3n) is 7.46. The van der Waals surface area contributed by atoms with Crippen molar-refractivity contribution < 1.29 is 13.6 Å². The molecule has 5 rings (SSSR count). The molecule has 1 saturated heterocycles. The van der Waals surface area contributed by atoms with Crippen molar-refractivity contribution in [1.82, 2.24) is 14.9 Å². The van der Waals surface area contributed by atoms with Gasteiger partial charge >= 0.3 is 5.92 Å². The van der Waals surface area contributed by atoms with Crippen molar-refractivity contribution in [3.8, 4) is 0 Å². The van der Waals surface area contributed by atoms with Crippen LogP contribution in [0.3, 0.4) is 0 Å². The summed E-state index contributed by atoms with van der Waals surface area (Å²) in [6.07, 6.45) is 2.57. The Balaban J connectivity index is 1.33. The van der Waals surface area contributed by atoms with Gasteiger partial charge in [-0.05, 0) is 53.6 Å². The van der Waals surface area contributed by atoms with Gasteiger partial charge in [0.05, 0.1) is 21.7 Å². The van der Waals surface area contributed by atoms with E-state index in [0.29, 0.717) is 34.9 Å². The van der Waals surface area contributed by atoms with Gasteiger partial charge in [-0.25, -0.2) is 4.98 Å². The maximum absolute atomic E-state index is 13.2. The van der Waals surface area contributed by atoms with Gasteiger partial charge in [0.2, 0.25) is 0 Å². The third kappa shape index (κ3) is 6.04. The molecule has 1 aliphatic rings. The van der Waals surface area contributed by atoms with Crippen molar-refractivity contribution in [1.29, 1.82) is 0 Å². The molecule has 9 heteroatoms. The van der Waals surface area contributed by atoms with Crippen LogP contribution in [0.15, 0.2) is 60.7 Å². The van der Waals surface area contributed by atoms with E-state index < -0.39 is 11.8 Å².